The Balaban J connectivity index is 0.000000286. The maximum atomic E-state index is 13.2. The number of carbonyl (C=O) groups is 6. The van der Waals surface area contributed by atoms with Gasteiger partial charge in [-0.05, 0) is 135 Å². The van der Waals surface area contributed by atoms with Crippen molar-refractivity contribution < 1.29 is 38.2 Å². The molecule has 0 saturated carbocycles. The van der Waals surface area contributed by atoms with Crippen LogP contribution >= 0.6 is 11.6 Å². The minimum Gasteiger partial charge on any atom is -0.444 e. The Labute approximate surface area is 383 Å². The molecule has 3 aliphatic rings. The number of hydrogen-bond acceptors (Lipinski definition) is 10. The van der Waals surface area contributed by atoms with Crippen molar-refractivity contribution in [1.29, 1.82) is 0 Å². The van der Waals surface area contributed by atoms with E-state index in [9.17, 15) is 28.8 Å². The molecule has 2 aromatic carbocycles. The van der Waals surface area contributed by atoms with Gasteiger partial charge in [-0.3, -0.25) is 24.1 Å². The van der Waals surface area contributed by atoms with Crippen LogP contribution in [-0.4, -0.2) is 128 Å². The molecule has 0 bridgehead atoms. The van der Waals surface area contributed by atoms with Crippen LogP contribution in [0.25, 0.3) is 0 Å². The van der Waals surface area contributed by atoms with Gasteiger partial charge in [0.05, 0.1) is 6.54 Å². The van der Waals surface area contributed by atoms with E-state index in [1.807, 2.05) is 45.0 Å². The number of fused-ring (bicyclic) bond motifs is 2. The molecule has 1 heterocycles. The largest absolute Gasteiger partial charge is 0.444 e. The quantitative estimate of drug-likeness (QED) is 0.0906. The number of alkyl halides is 1. The van der Waals surface area contributed by atoms with Crippen LogP contribution in [0, 0.1) is 0 Å². The van der Waals surface area contributed by atoms with E-state index < -0.39 is 41.4 Å². The Bertz CT molecular complexity index is 1810. The molecule has 16 nitrogen and oxygen atoms in total. The first kappa shape index (κ1) is 51.7. The molecule has 2 aliphatic carbocycles. The van der Waals surface area contributed by atoms with E-state index in [2.05, 4.69) is 66.4 Å². The van der Waals surface area contributed by atoms with Gasteiger partial charge in [-0.2, -0.15) is 0 Å². The van der Waals surface area contributed by atoms with Gasteiger partial charge in [0.2, 0.25) is 23.6 Å². The van der Waals surface area contributed by atoms with Gasteiger partial charge >= 0.3 is 12.2 Å². The Morgan fingerprint density at radius 2 is 1.08 bits per heavy atom. The molecule has 1 aliphatic heterocycles. The monoisotopic (exact) mass is 911 g/mol. The second-order valence-corrected chi connectivity index (χ2v) is 18.9. The summed E-state index contributed by atoms with van der Waals surface area (Å²) in [7, 11) is 0. The number of benzene rings is 2. The van der Waals surface area contributed by atoms with Crippen molar-refractivity contribution in [3.8, 4) is 0 Å². The number of nitrogens with zero attached hydrogens (tertiary/aromatic N) is 1. The Morgan fingerprint density at radius 1 is 0.656 bits per heavy atom. The fourth-order valence-corrected chi connectivity index (χ4v) is 7.90. The highest BCUT2D eigenvalue weighted by molar-refractivity contribution is 6.27. The van der Waals surface area contributed by atoms with Gasteiger partial charge in [-0.1, -0.05) is 48.5 Å². The third kappa shape index (κ3) is 19.4. The fourth-order valence-electron chi connectivity index (χ4n) is 7.82. The molecule has 6 amide bonds. The first-order valence-electron chi connectivity index (χ1n) is 22.6. The number of nitrogens with one attached hydrogen (secondary N) is 7. The van der Waals surface area contributed by atoms with Crippen LogP contribution in [-0.2, 0) is 54.3 Å². The van der Waals surface area contributed by atoms with E-state index in [-0.39, 0.29) is 42.2 Å². The number of rotatable bonds is 17. The highest BCUT2D eigenvalue weighted by Crippen LogP contribution is 2.23. The minimum absolute atomic E-state index is 0.00944. The smallest absolute Gasteiger partial charge is 0.407 e. The lowest BCUT2D eigenvalue weighted by atomic mass is 10.1. The second-order valence-electron chi connectivity index (χ2n) is 18.7. The third-order valence-corrected chi connectivity index (χ3v) is 10.9. The molecule has 2 aromatic rings. The predicted molar refractivity (Wildman–Crippen MR) is 247 cm³/mol. The van der Waals surface area contributed by atoms with Gasteiger partial charge in [0, 0.05) is 38.3 Å². The Kier molecular flexibility index (Phi) is 20.6. The molecule has 1 saturated heterocycles. The van der Waals surface area contributed by atoms with Gasteiger partial charge in [0.25, 0.3) is 0 Å². The summed E-state index contributed by atoms with van der Waals surface area (Å²) in [6.07, 6.45) is 4.99. The molecule has 354 valence electrons. The van der Waals surface area contributed by atoms with E-state index in [0.29, 0.717) is 38.8 Å². The standard InChI is InChI=1S/C26H41N5O4.C21H30ClN3O4/c1-26(2,3)35-25(34)28-12-6-10-22(30-23(32)18-31-14-7-11-27-13-15-31)24(33)29-21-16-19-8-4-5-9-20(19)17-21;1-21(2,3)29-20(28)23-10-6-9-17(25-18(26)13-22)19(27)24-16-11-14-7-4-5-8-15(14)12-16/h4-5,8-9,21-22,27H,6-7,10-18H2,1-3H3,(H,28,34)(H,29,33)(H,30,32);4-5,7-8,16-17H,6,9-13H2,1-3H3,(H,23,28)(H,24,27)(H,25,26)/t22-;17-/m11/s1. The summed E-state index contributed by atoms with van der Waals surface area (Å²) < 4.78 is 10.4. The minimum atomic E-state index is -0.703. The van der Waals surface area contributed by atoms with Crippen LogP contribution in [0.5, 0.6) is 0 Å². The highest BCUT2D eigenvalue weighted by atomic mass is 35.5. The van der Waals surface area contributed by atoms with Crippen LogP contribution in [0.3, 0.4) is 0 Å². The van der Waals surface area contributed by atoms with Crippen LogP contribution in [0.2, 0.25) is 0 Å². The second kappa shape index (κ2) is 25.5. The summed E-state index contributed by atoms with van der Waals surface area (Å²) >= 11 is 5.58. The first-order valence-corrected chi connectivity index (χ1v) is 23.2. The number of alkyl carbamates (subject to hydrolysis) is 2. The van der Waals surface area contributed by atoms with Crippen LogP contribution in [0.15, 0.2) is 48.5 Å². The molecule has 0 unspecified atom stereocenters. The molecule has 5 rings (SSSR count). The van der Waals surface area contributed by atoms with Gasteiger partial charge in [-0.25, -0.2) is 9.59 Å². The molecular weight excluding hydrogens is 840 g/mol. The molecule has 0 radical (unpaired) electrons. The van der Waals surface area contributed by atoms with Crippen molar-refractivity contribution >= 4 is 47.4 Å². The fraction of sp³-hybridized carbons (Fsp3) is 0.617. The van der Waals surface area contributed by atoms with Gasteiger partial charge in [-0.15, -0.1) is 11.6 Å². The lowest BCUT2D eigenvalue weighted by Gasteiger charge is -2.24. The zero-order valence-corrected chi connectivity index (χ0v) is 39.3. The van der Waals surface area contributed by atoms with Gasteiger partial charge < -0.3 is 46.7 Å². The van der Waals surface area contributed by atoms with Crippen molar-refractivity contribution in [3.05, 3.63) is 70.8 Å². The summed E-state index contributed by atoms with van der Waals surface area (Å²) in [5.41, 5.74) is 3.85. The Hall–Kier alpha value is -4.93. The SMILES string of the molecule is CC(C)(C)OC(=O)NCCC[C@@H](NC(=O)CCl)C(=O)NC1Cc2ccccc2C1.CC(C)(C)OC(=O)NCCC[C@@H](NC(=O)CN1CCCNCC1)C(=O)NC1Cc2ccccc2C1. The van der Waals surface area contributed by atoms with E-state index in [1.165, 1.54) is 22.3 Å². The highest BCUT2D eigenvalue weighted by Gasteiger charge is 2.29. The average Bonchev–Trinajstić information content (AvgIpc) is 3.73. The molecule has 0 spiro atoms. The zero-order chi connectivity index (χ0) is 46.7. The average molecular weight is 912 g/mol. The topological polar surface area (TPSA) is 208 Å². The van der Waals surface area contributed by atoms with Crippen molar-refractivity contribution in [2.24, 2.45) is 0 Å². The molecule has 17 heteroatoms. The predicted octanol–water partition coefficient (Wildman–Crippen LogP) is 3.65. The van der Waals surface area contributed by atoms with Crippen LogP contribution < -0.4 is 37.2 Å². The summed E-state index contributed by atoms with van der Waals surface area (Å²) in [4.78, 5) is 76.2. The summed E-state index contributed by atoms with van der Waals surface area (Å²) in [6.45, 7) is 15.2. The van der Waals surface area contributed by atoms with Crippen LogP contribution in [0.4, 0.5) is 9.59 Å². The number of hydrogen-bond donors (Lipinski definition) is 7. The first-order chi connectivity index (χ1) is 30.4. The molecule has 64 heavy (non-hydrogen) atoms. The molecule has 1 fully saturated rings. The molecule has 2 atom stereocenters. The van der Waals surface area contributed by atoms with Crippen molar-refractivity contribution in [2.75, 3.05) is 51.7 Å². The lowest BCUT2D eigenvalue weighted by Crippen LogP contribution is -2.52. The van der Waals surface area contributed by atoms with Crippen molar-refractivity contribution in [3.63, 3.8) is 0 Å². The van der Waals surface area contributed by atoms with E-state index in [1.54, 1.807) is 20.8 Å². The number of amides is 6. The number of carbonyl (C=O) groups excluding carboxylic acids is 6. The van der Waals surface area contributed by atoms with E-state index >= 15 is 0 Å². The van der Waals surface area contributed by atoms with Crippen molar-refractivity contribution in [2.45, 2.75) is 135 Å². The Morgan fingerprint density at radius 3 is 1.48 bits per heavy atom. The summed E-state index contributed by atoms with van der Waals surface area (Å²) in [6, 6.07) is 15.0. The third-order valence-electron chi connectivity index (χ3n) is 10.7. The maximum absolute atomic E-state index is 13.2. The van der Waals surface area contributed by atoms with Crippen LogP contribution in [0.1, 0.15) is 95.9 Å². The summed E-state index contributed by atoms with van der Waals surface area (Å²) in [5.74, 6) is -1.18. The number of halogens is 1. The lowest BCUT2D eigenvalue weighted by molar-refractivity contribution is -0.130. The maximum Gasteiger partial charge on any atom is 0.407 e. The molecular formula is C47H71ClN8O8. The van der Waals surface area contributed by atoms with Crippen molar-refractivity contribution in [1.82, 2.24) is 42.1 Å². The van der Waals surface area contributed by atoms with E-state index in [4.69, 9.17) is 21.1 Å². The molecule has 7 N–H and O–H groups in total. The van der Waals surface area contributed by atoms with Gasteiger partial charge in [0.1, 0.15) is 29.2 Å². The van der Waals surface area contributed by atoms with E-state index in [0.717, 1.165) is 58.3 Å². The number of ether oxygens (including phenoxy) is 2. The van der Waals surface area contributed by atoms with Gasteiger partial charge in [0.15, 0.2) is 0 Å². The summed E-state index contributed by atoms with van der Waals surface area (Å²) in [5, 5.41) is 20.5. The molecule has 0 aromatic heterocycles. The zero-order valence-electron chi connectivity index (χ0n) is 38.5. The normalized spacial score (nSPS) is 16.3.